The number of aromatic nitrogens is 2. The fraction of sp³-hybridized carbons (Fsp3) is 0.250. The third kappa shape index (κ3) is 4.69. The zero-order valence-corrected chi connectivity index (χ0v) is 21.4. The molecule has 2 atom stereocenters. The average molecular weight is 556 g/mol. The van der Waals surface area contributed by atoms with Crippen molar-refractivity contribution in [3.63, 3.8) is 0 Å². The van der Waals surface area contributed by atoms with Crippen LogP contribution >= 0.6 is 0 Å². The lowest BCUT2D eigenvalue weighted by Gasteiger charge is -2.31. The lowest BCUT2D eigenvalue weighted by Crippen LogP contribution is -2.51. The Morgan fingerprint density at radius 2 is 1.93 bits per heavy atom. The molecule has 3 heterocycles. The third-order valence-electron chi connectivity index (χ3n) is 6.93. The summed E-state index contributed by atoms with van der Waals surface area (Å²) in [7, 11) is 1.38. The summed E-state index contributed by atoms with van der Waals surface area (Å²) in [4.78, 5) is 21.4. The van der Waals surface area contributed by atoms with Crippen LogP contribution in [-0.4, -0.2) is 47.4 Å². The molecule has 12 heteroatoms. The Labute approximate surface area is 226 Å². The number of anilines is 1. The number of benzene rings is 2. The maximum absolute atomic E-state index is 14.5. The zero-order valence-electron chi connectivity index (χ0n) is 21.4. The second-order valence-electron chi connectivity index (χ2n) is 9.85. The summed E-state index contributed by atoms with van der Waals surface area (Å²) in [5.41, 5.74) is 2.43. The van der Waals surface area contributed by atoms with Gasteiger partial charge in [-0.25, -0.2) is 9.37 Å². The van der Waals surface area contributed by atoms with Gasteiger partial charge in [-0.15, -0.1) is 0 Å². The van der Waals surface area contributed by atoms with Crippen molar-refractivity contribution < 1.29 is 32.2 Å². The van der Waals surface area contributed by atoms with Crippen molar-refractivity contribution in [2.24, 2.45) is 5.73 Å². The molecule has 0 bridgehead atoms. The number of pyridine rings is 2. The quantitative estimate of drug-likeness (QED) is 0.263. The molecule has 0 saturated carbocycles. The Kier molecular flexibility index (Phi) is 6.63. The normalized spacial score (nSPS) is 18.1. The minimum Gasteiger partial charge on any atom is -0.494 e. The Morgan fingerprint density at radius 1 is 1.20 bits per heavy atom. The van der Waals surface area contributed by atoms with Crippen molar-refractivity contribution in [2.45, 2.75) is 24.2 Å². The van der Waals surface area contributed by atoms with E-state index >= 15 is 0 Å². The molecule has 2 unspecified atom stereocenters. The van der Waals surface area contributed by atoms with Gasteiger partial charge in [0.2, 0.25) is 5.60 Å². The highest BCUT2D eigenvalue weighted by molar-refractivity contribution is 5.99. The molecule has 208 valence electrons. The van der Waals surface area contributed by atoms with Crippen molar-refractivity contribution in [1.29, 1.82) is 0 Å². The first-order chi connectivity index (χ1) is 18.8. The molecule has 0 fully saturated rings. The van der Waals surface area contributed by atoms with E-state index in [9.17, 15) is 27.5 Å². The average Bonchev–Trinajstić information content (AvgIpc) is 3.24. The standard InChI is InChI=1S/C28H25F4N5O3/c1-26(33)13-35-24-19(26)12-21(37-23(24)15-5-7-18(29)8-6-15)27(39,28(30,31)32)14-36-25(38)17-10-16-4-3-9-34-22(16)20(11-17)40-2/h3-12,35,39H,13-14,33H2,1-2H3,(H,36,38). The van der Waals surface area contributed by atoms with E-state index in [4.69, 9.17) is 10.5 Å². The van der Waals surface area contributed by atoms with Crippen LogP contribution in [0.15, 0.2) is 60.8 Å². The van der Waals surface area contributed by atoms with E-state index in [0.717, 1.165) is 18.2 Å². The van der Waals surface area contributed by atoms with Gasteiger partial charge in [-0.05, 0) is 55.5 Å². The number of rotatable bonds is 6. The molecule has 0 spiro atoms. The molecule has 8 nitrogen and oxygen atoms in total. The number of hydrogen-bond acceptors (Lipinski definition) is 7. The maximum atomic E-state index is 14.5. The summed E-state index contributed by atoms with van der Waals surface area (Å²) in [6.45, 7) is 0.577. The predicted octanol–water partition coefficient (Wildman–Crippen LogP) is 4.22. The smallest absolute Gasteiger partial charge is 0.424 e. The zero-order chi connectivity index (χ0) is 28.9. The fourth-order valence-corrected chi connectivity index (χ4v) is 4.66. The molecule has 1 aliphatic rings. The van der Waals surface area contributed by atoms with Gasteiger partial charge in [0.25, 0.3) is 5.91 Å². The largest absolute Gasteiger partial charge is 0.494 e. The number of aliphatic hydroxyl groups is 1. The lowest BCUT2D eigenvalue weighted by molar-refractivity contribution is -0.265. The molecule has 5 N–H and O–H groups in total. The van der Waals surface area contributed by atoms with Gasteiger partial charge in [0.05, 0.1) is 36.3 Å². The van der Waals surface area contributed by atoms with Crippen LogP contribution in [0.25, 0.3) is 22.2 Å². The summed E-state index contributed by atoms with van der Waals surface area (Å²) >= 11 is 0. The van der Waals surface area contributed by atoms with Crippen molar-refractivity contribution in [2.75, 3.05) is 25.5 Å². The number of nitrogens with one attached hydrogen (secondary N) is 2. The van der Waals surface area contributed by atoms with Gasteiger partial charge in [-0.2, -0.15) is 13.2 Å². The van der Waals surface area contributed by atoms with Crippen molar-refractivity contribution >= 4 is 22.5 Å². The lowest BCUT2D eigenvalue weighted by atomic mass is 9.89. The summed E-state index contributed by atoms with van der Waals surface area (Å²) < 4.78 is 62.5. The molecule has 2 aromatic carbocycles. The molecule has 1 amide bonds. The van der Waals surface area contributed by atoms with E-state index in [2.05, 4.69) is 20.6 Å². The first-order valence-corrected chi connectivity index (χ1v) is 12.2. The molecule has 5 rings (SSSR count). The number of amides is 1. The maximum Gasteiger partial charge on any atom is 0.424 e. The van der Waals surface area contributed by atoms with E-state index in [1.165, 1.54) is 31.4 Å². The van der Waals surface area contributed by atoms with Gasteiger partial charge in [-0.3, -0.25) is 9.78 Å². The van der Waals surface area contributed by atoms with Crippen molar-refractivity contribution in [3.8, 4) is 17.0 Å². The van der Waals surface area contributed by atoms with Crippen LogP contribution in [0.4, 0.5) is 23.2 Å². The number of alkyl halides is 3. The van der Waals surface area contributed by atoms with Crippen molar-refractivity contribution in [3.05, 3.63) is 83.4 Å². The van der Waals surface area contributed by atoms with Crippen LogP contribution in [0.5, 0.6) is 5.75 Å². The molecule has 40 heavy (non-hydrogen) atoms. The van der Waals surface area contributed by atoms with Gasteiger partial charge in [-0.1, -0.05) is 6.07 Å². The van der Waals surface area contributed by atoms with Crippen LogP contribution < -0.4 is 21.1 Å². The number of carbonyl (C=O) groups is 1. The second-order valence-corrected chi connectivity index (χ2v) is 9.85. The van der Waals surface area contributed by atoms with Crippen LogP contribution in [0.3, 0.4) is 0 Å². The third-order valence-corrected chi connectivity index (χ3v) is 6.93. The number of carbonyl (C=O) groups excluding carboxylic acids is 1. The van der Waals surface area contributed by atoms with Gasteiger partial charge in [0.1, 0.15) is 17.1 Å². The molecule has 2 aromatic heterocycles. The van der Waals surface area contributed by atoms with E-state index in [0.29, 0.717) is 22.2 Å². The molecule has 0 radical (unpaired) electrons. The van der Waals surface area contributed by atoms with E-state index in [1.54, 1.807) is 25.3 Å². The molecular formula is C28H25F4N5O3. The van der Waals surface area contributed by atoms with E-state index < -0.39 is 41.3 Å². The summed E-state index contributed by atoms with van der Waals surface area (Å²) in [6.07, 6.45) is -3.71. The first kappa shape index (κ1) is 27.3. The van der Waals surface area contributed by atoms with Crippen LogP contribution in [0.1, 0.15) is 28.5 Å². The van der Waals surface area contributed by atoms with Gasteiger partial charge >= 0.3 is 6.18 Å². The van der Waals surface area contributed by atoms with E-state index in [-0.39, 0.29) is 29.1 Å². The topological polar surface area (TPSA) is 122 Å². The van der Waals surface area contributed by atoms with Crippen LogP contribution in [0, 0.1) is 5.82 Å². The highest BCUT2D eigenvalue weighted by Crippen LogP contribution is 2.45. The van der Waals surface area contributed by atoms with Crippen LogP contribution in [0.2, 0.25) is 0 Å². The number of nitrogens with two attached hydrogens (primary N) is 1. The predicted molar refractivity (Wildman–Crippen MR) is 140 cm³/mol. The number of fused-ring (bicyclic) bond motifs is 2. The molecule has 4 aromatic rings. The Balaban J connectivity index is 1.56. The number of halogens is 4. The minimum absolute atomic E-state index is 0.00882. The SMILES string of the molecule is COc1cc(C(=O)NCC(O)(c2cc3c(c(-c4ccc(F)cc4)n2)NCC3(C)N)C(F)(F)F)cc2cccnc12. The van der Waals surface area contributed by atoms with Gasteiger partial charge in [0.15, 0.2) is 0 Å². The summed E-state index contributed by atoms with van der Waals surface area (Å²) in [5.74, 6) is -1.16. The van der Waals surface area contributed by atoms with Gasteiger partial charge < -0.3 is 26.2 Å². The molecular weight excluding hydrogens is 530 g/mol. The highest BCUT2D eigenvalue weighted by Gasteiger charge is 2.57. The number of hydrogen-bond donors (Lipinski definition) is 4. The van der Waals surface area contributed by atoms with Crippen LogP contribution in [-0.2, 0) is 11.1 Å². The first-order valence-electron chi connectivity index (χ1n) is 12.2. The number of nitrogens with zero attached hydrogens (tertiary/aromatic N) is 2. The highest BCUT2D eigenvalue weighted by atomic mass is 19.4. The Bertz CT molecular complexity index is 1610. The number of methoxy groups -OCH3 is 1. The Hall–Kier alpha value is -4.29. The minimum atomic E-state index is -5.25. The fourth-order valence-electron chi connectivity index (χ4n) is 4.66. The monoisotopic (exact) mass is 555 g/mol. The number of ether oxygens (including phenoxy) is 1. The molecule has 1 aliphatic heterocycles. The van der Waals surface area contributed by atoms with E-state index in [1.807, 2.05) is 0 Å². The summed E-state index contributed by atoms with van der Waals surface area (Å²) in [6, 6.07) is 12.2. The van der Waals surface area contributed by atoms with Crippen molar-refractivity contribution in [1.82, 2.24) is 15.3 Å². The Morgan fingerprint density at radius 3 is 2.60 bits per heavy atom. The second kappa shape index (κ2) is 9.72. The molecule has 0 saturated heterocycles. The summed E-state index contributed by atoms with van der Waals surface area (Å²) in [5, 5.41) is 16.9. The van der Waals surface area contributed by atoms with Gasteiger partial charge in [0, 0.05) is 34.8 Å². The molecule has 0 aliphatic carbocycles.